The van der Waals surface area contributed by atoms with Crippen molar-refractivity contribution in [1.29, 1.82) is 0 Å². The van der Waals surface area contributed by atoms with Gasteiger partial charge in [0.25, 0.3) is 0 Å². The average Bonchev–Trinajstić information content (AvgIpc) is 3.19. The lowest BCUT2D eigenvalue weighted by Crippen LogP contribution is -2.47. The molecule has 0 spiro atoms. The van der Waals surface area contributed by atoms with Crippen molar-refractivity contribution >= 4 is 8.32 Å². The molecule has 0 amide bonds. The van der Waals surface area contributed by atoms with Gasteiger partial charge in [-0.25, -0.2) is 0 Å². The van der Waals surface area contributed by atoms with E-state index in [0.717, 1.165) is 51.4 Å². The highest BCUT2D eigenvalue weighted by molar-refractivity contribution is 6.74. The number of alkyl halides is 6. The van der Waals surface area contributed by atoms with E-state index in [1.165, 1.54) is 16.7 Å². The van der Waals surface area contributed by atoms with Crippen LogP contribution in [-0.4, -0.2) is 26.8 Å². The maximum Gasteiger partial charge on any atom is 0.402 e. The number of hydrogen-bond acceptors (Lipinski definition) is 1. The summed E-state index contributed by atoms with van der Waals surface area (Å²) in [5.74, 6) is 0.783. The molecule has 0 saturated heterocycles. The molecule has 0 N–H and O–H groups in total. The molecular weight excluding hydrogens is 566 g/mol. The van der Waals surface area contributed by atoms with Gasteiger partial charge in [-0.1, -0.05) is 77.3 Å². The summed E-state index contributed by atoms with van der Waals surface area (Å²) in [6.07, 6.45) is 1.53. The van der Waals surface area contributed by atoms with Crippen LogP contribution in [0.1, 0.15) is 112 Å². The summed E-state index contributed by atoms with van der Waals surface area (Å²) >= 11 is 0. The molecule has 0 aliphatic heterocycles. The lowest BCUT2D eigenvalue weighted by molar-refractivity contribution is -0.337. The van der Waals surface area contributed by atoms with Crippen molar-refractivity contribution in [1.82, 2.24) is 0 Å². The number of hydrogen-bond donors (Lipinski definition) is 0. The Labute approximate surface area is 251 Å². The van der Waals surface area contributed by atoms with Crippen LogP contribution in [0.3, 0.4) is 0 Å². The zero-order chi connectivity index (χ0) is 31.9. The van der Waals surface area contributed by atoms with Crippen molar-refractivity contribution in [3.05, 3.63) is 35.5 Å². The average molecular weight is 621 g/mol. The normalized spacial score (nSPS) is 31.1. The van der Waals surface area contributed by atoms with Gasteiger partial charge in [0.05, 0.1) is 0 Å². The van der Waals surface area contributed by atoms with Gasteiger partial charge in [-0.15, -0.1) is 0 Å². The quantitative estimate of drug-likeness (QED) is 0.194. The highest BCUT2D eigenvalue weighted by atomic mass is 28.4. The molecule has 3 aliphatic rings. The molecule has 0 unspecified atom stereocenters. The lowest BCUT2D eigenvalue weighted by Gasteiger charge is -2.44. The number of fused-ring (bicyclic) bond motifs is 1. The third-order valence-corrected chi connectivity index (χ3v) is 16.3. The molecule has 8 heteroatoms. The Kier molecular flexibility index (Phi) is 10.5. The molecule has 3 saturated carbocycles. The van der Waals surface area contributed by atoms with Crippen LogP contribution in [0.15, 0.2) is 35.5 Å². The van der Waals surface area contributed by atoms with Crippen molar-refractivity contribution in [3.8, 4) is 0 Å². The van der Waals surface area contributed by atoms with Crippen molar-refractivity contribution in [2.75, 3.05) is 0 Å². The molecule has 0 aromatic carbocycles. The molecule has 42 heavy (non-hydrogen) atoms. The fraction of sp³-hybridized carbons (Fsp3) is 0.824. The molecule has 1 nitrogen and oxygen atoms in total. The van der Waals surface area contributed by atoms with Gasteiger partial charge in [0.2, 0.25) is 0 Å². The summed E-state index contributed by atoms with van der Waals surface area (Å²) < 4.78 is 87.0. The van der Waals surface area contributed by atoms with E-state index in [9.17, 15) is 26.3 Å². The first-order chi connectivity index (χ1) is 19.0. The molecule has 3 aliphatic carbocycles. The fourth-order valence-electron chi connectivity index (χ4n) is 7.71. The van der Waals surface area contributed by atoms with Crippen LogP contribution in [0, 0.1) is 28.6 Å². The van der Waals surface area contributed by atoms with Crippen molar-refractivity contribution in [3.63, 3.8) is 0 Å². The van der Waals surface area contributed by atoms with Crippen LogP contribution < -0.4 is 0 Å². The fourth-order valence-corrected chi connectivity index (χ4v) is 9.10. The molecule has 242 valence electrons. The van der Waals surface area contributed by atoms with Gasteiger partial charge in [0.1, 0.15) is 0 Å². The molecule has 3 rings (SSSR count). The zero-order valence-corrected chi connectivity index (χ0v) is 28.1. The Morgan fingerprint density at radius 3 is 2.17 bits per heavy atom. The van der Waals surface area contributed by atoms with Crippen LogP contribution in [0.5, 0.6) is 0 Å². The highest BCUT2D eigenvalue weighted by Gasteiger charge is 2.66. The molecule has 0 aromatic heterocycles. The van der Waals surface area contributed by atoms with E-state index in [4.69, 9.17) is 4.43 Å². The maximum atomic E-state index is 13.4. The molecule has 0 radical (unpaired) electrons. The predicted octanol–water partition coefficient (Wildman–Crippen LogP) is 12.1. The maximum absolute atomic E-state index is 13.4. The Morgan fingerprint density at radius 2 is 1.60 bits per heavy atom. The number of allylic oxidation sites excluding steroid dienone is 4. The van der Waals surface area contributed by atoms with Crippen LogP contribution in [0.25, 0.3) is 0 Å². The van der Waals surface area contributed by atoms with Gasteiger partial charge in [0.15, 0.2) is 13.7 Å². The summed E-state index contributed by atoms with van der Waals surface area (Å²) in [6, 6.07) is 0. The van der Waals surface area contributed by atoms with E-state index in [1.54, 1.807) is 0 Å². The zero-order valence-electron chi connectivity index (χ0n) is 27.1. The summed E-state index contributed by atoms with van der Waals surface area (Å²) in [7, 11) is -1.87. The topological polar surface area (TPSA) is 9.23 Å². The van der Waals surface area contributed by atoms with Gasteiger partial charge in [0, 0.05) is 6.10 Å². The summed E-state index contributed by atoms with van der Waals surface area (Å²) in [6.45, 7) is 20.4. The summed E-state index contributed by atoms with van der Waals surface area (Å²) in [4.78, 5) is 0. The largest absolute Gasteiger partial charge is 0.414 e. The minimum Gasteiger partial charge on any atom is -0.414 e. The SMILES string of the molecule is C=C1CC[C@H](O[Si](C)(C)C(C)(C)C)C/C1=C/C=C1\CCC[C@]2(C)[C@@H]([C@@H](C)CCCC(C)(C(F)(F)F)C(F)(F)F)CC[C@@H]12. The van der Waals surface area contributed by atoms with Gasteiger partial charge in [-0.2, -0.15) is 26.3 Å². The van der Waals surface area contributed by atoms with Crippen molar-refractivity contribution in [2.24, 2.45) is 28.6 Å². The third-order valence-electron chi connectivity index (χ3n) is 11.7. The second-order valence-corrected chi connectivity index (χ2v) is 20.3. The second kappa shape index (κ2) is 12.4. The van der Waals surface area contributed by atoms with Gasteiger partial charge >= 0.3 is 12.4 Å². The Bertz CT molecular complexity index is 1020. The van der Waals surface area contributed by atoms with Crippen molar-refractivity contribution in [2.45, 2.75) is 149 Å². The minimum atomic E-state index is -5.31. The van der Waals surface area contributed by atoms with E-state index in [-0.39, 0.29) is 28.9 Å². The van der Waals surface area contributed by atoms with E-state index in [2.05, 4.69) is 59.5 Å². The van der Waals surface area contributed by atoms with Crippen molar-refractivity contribution < 1.29 is 30.8 Å². The van der Waals surface area contributed by atoms with Gasteiger partial charge in [-0.05, 0) is 112 Å². The van der Waals surface area contributed by atoms with Crippen LogP contribution in [0.4, 0.5) is 26.3 Å². The first-order valence-electron chi connectivity index (χ1n) is 15.9. The lowest BCUT2D eigenvalue weighted by atomic mass is 9.60. The standard InChI is InChI=1S/C34H54F6OSi/c1-23-14-17-27(41-42(8,9)30(3,4)5)22-26(23)16-15-25-13-11-20-31(6)28(18-19-29(25)31)24(2)12-10-21-32(7,33(35,36)37)34(38,39)40/h15-16,24,27-29H,1,10-14,17-22H2,2-9H3/b25-15+,26-16-/t24-,27-,28+,29-,31+/m0/s1. The second-order valence-electron chi connectivity index (χ2n) is 15.6. The number of halogens is 6. The number of rotatable bonds is 8. The monoisotopic (exact) mass is 620 g/mol. The Morgan fingerprint density at radius 1 is 0.976 bits per heavy atom. The first kappa shape index (κ1) is 35.5. The van der Waals surface area contributed by atoms with E-state index in [0.29, 0.717) is 25.2 Å². The van der Waals surface area contributed by atoms with E-state index < -0.39 is 32.5 Å². The molecule has 3 fully saturated rings. The minimum absolute atomic E-state index is 0.0247. The predicted molar refractivity (Wildman–Crippen MR) is 163 cm³/mol. The molecule has 5 atom stereocenters. The van der Waals surface area contributed by atoms with Gasteiger partial charge in [-0.3, -0.25) is 0 Å². The first-order valence-corrected chi connectivity index (χ1v) is 18.8. The van der Waals surface area contributed by atoms with E-state index >= 15 is 0 Å². The summed E-state index contributed by atoms with van der Waals surface area (Å²) in [5.41, 5.74) is 0.256. The van der Waals surface area contributed by atoms with Crippen LogP contribution >= 0.6 is 0 Å². The van der Waals surface area contributed by atoms with E-state index in [1.807, 2.05) is 6.92 Å². The molecule has 0 bridgehead atoms. The smallest absolute Gasteiger partial charge is 0.402 e. The van der Waals surface area contributed by atoms with Crippen LogP contribution in [0.2, 0.25) is 18.1 Å². The Hall–Kier alpha value is -1.02. The van der Waals surface area contributed by atoms with Crippen LogP contribution in [-0.2, 0) is 4.43 Å². The molecule has 0 aromatic rings. The third kappa shape index (κ3) is 7.26. The molecular formula is C34H54F6OSi. The molecule has 0 heterocycles. The highest BCUT2D eigenvalue weighted by Crippen LogP contribution is 2.60. The van der Waals surface area contributed by atoms with Gasteiger partial charge < -0.3 is 4.43 Å². The Balaban J connectivity index is 1.69. The summed E-state index contributed by atoms with van der Waals surface area (Å²) in [5, 5.41) is 0.159.